The van der Waals surface area contributed by atoms with Crippen molar-refractivity contribution >= 4 is 17.3 Å². The highest BCUT2D eigenvalue weighted by molar-refractivity contribution is 6.30. The normalized spacial score (nSPS) is 19.2. The van der Waals surface area contributed by atoms with Crippen molar-refractivity contribution in [2.75, 3.05) is 31.2 Å². The van der Waals surface area contributed by atoms with E-state index in [1.54, 1.807) is 6.07 Å². The Morgan fingerprint density at radius 1 is 1.53 bits per heavy atom. The number of halogens is 1. The molecule has 0 saturated carbocycles. The molecule has 19 heavy (non-hydrogen) atoms. The Kier molecular flexibility index (Phi) is 5.07. The number of nitriles is 1. The van der Waals surface area contributed by atoms with Crippen LogP contribution in [0.1, 0.15) is 25.3 Å². The first-order valence-electron chi connectivity index (χ1n) is 6.77. The first-order chi connectivity index (χ1) is 9.24. The number of ether oxygens (including phenoxy) is 1. The van der Waals surface area contributed by atoms with E-state index in [9.17, 15) is 5.26 Å². The number of rotatable bonds is 4. The molecule has 4 heteroatoms. The summed E-state index contributed by atoms with van der Waals surface area (Å²) in [6.45, 7) is 5.55. The first-order valence-corrected chi connectivity index (χ1v) is 7.14. The molecule has 0 bridgehead atoms. The van der Waals surface area contributed by atoms with Gasteiger partial charge >= 0.3 is 0 Å². The van der Waals surface area contributed by atoms with Crippen LogP contribution in [0.25, 0.3) is 0 Å². The molecule has 0 aliphatic carbocycles. The van der Waals surface area contributed by atoms with Gasteiger partial charge in [0.1, 0.15) is 6.07 Å². The van der Waals surface area contributed by atoms with Gasteiger partial charge in [0, 0.05) is 24.7 Å². The number of hydrogen-bond acceptors (Lipinski definition) is 3. The fraction of sp³-hybridized carbons (Fsp3) is 0.533. The standard InChI is InChI=1S/C15H19ClN2O/c1-2-19-11-12-4-3-7-18(10-12)15-6-5-14(16)8-13(15)9-17/h5-6,8,12H,2-4,7,10-11H2,1H3. The van der Waals surface area contributed by atoms with Crippen LogP contribution in [-0.4, -0.2) is 26.3 Å². The highest BCUT2D eigenvalue weighted by Gasteiger charge is 2.22. The summed E-state index contributed by atoms with van der Waals surface area (Å²) in [4.78, 5) is 2.28. The maximum atomic E-state index is 9.22. The zero-order valence-corrected chi connectivity index (χ0v) is 12.0. The quantitative estimate of drug-likeness (QED) is 0.846. The van der Waals surface area contributed by atoms with Crippen LogP contribution in [0.3, 0.4) is 0 Å². The molecule has 0 amide bonds. The van der Waals surface area contributed by atoms with Gasteiger partial charge in [0.15, 0.2) is 0 Å². The van der Waals surface area contributed by atoms with E-state index in [4.69, 9.17) is 16.3 Å². The summed E-state index contributed by atoms with van der Waals surface area (Å²) < 4.78 is 5.52. The second kappa shape index (κ2) is 6.79. The van der Waals surface area contributed by atoms with Crippen molar-refractivity contribution in [2.24, 2.45) is 5.92 Å². The first kappa shape index (κ1) is 14.2. The molecular formula is C15H19ClN2O. The van der Waals surface area contributed by atoms with Crippen LogP contribution in [0.5, 0.6) is 0 Å². The fourth-order valence-corrected chi connectivity index (χ4v) is 2.75. The molecular weight excluding hydrogens is 260 g/mol. The molecule has 1 unspecified atom stereocenters. The van der Waals surface area contributed by atoms with Crippen LogP contribution in [0, 0.1) is 17.2 Å². The van der Waals surface area contributed by atoms with E-state index >= 15 is 0 Å². The molecule has 1 aliphatic heterocycles. The number of hydrogen-bond donors (Lipinski definition) is 0. The molecule has 102 valence electrons. The lowest BCUT2D eigenvalue weighted by Crippen LogP contribution is -2.37. The van der Waals surface area contributed by atoms with Crippen molar-refractivity contribution in [1.82, 2.24) is 0 Å². The smallest absolute Gasteiger partial charge is 0.101 e. The highest BCUT2D eigenvalue weighted by atomic mass is 35.5. The highest BCUT2D eigenvalue weighted by Crippen LogP contribution is 2.28. The third-order valence-corrected chi connectivity index (χ3v) is 3.73. The monoisotopic (exact) mass is 278 g/mol. The summed E-state index contributed by atoms with van der Waals surface area (Å²) in [5.41, 5.74) is 1.65. The molecule has 1 aromatic rings. The second-order valence-corrected chi connectivity index (χ2v) is 5.32. The van der Waals surface area contributed by atoms with Gasteiger partial charge in [0.2, 0.25) is 0 Å². The van der Waals surface area contributed by atoms with Crippen molar-refractivity contribution in [3.8, 4) is 6.07 Å². The molecule has 1 aromatic carbocycles. The predicted molar refractivity (Wildman–Crippen MR) is 77.6 cm³/mol. The van der Waals surface area contributed by atoms with Crippen LogP contribution in [-0.2, 0) is 4.74 Å². The van der Waals surface area contributed by atoms with Gasteiger partial charge in [-0.2, -0.15) is 5.26 Å². The van der Waals surface area contributed by atoms with E-state index in [1.807, 2.05) is 19.1 Å². The zero-order valence-electron chi connectivity index (χ0n) is 11.2. The minimum atomic E-state index is 0.552. The van der Waals surface area contributed by atoms with Crippen LogP contribution >= 0.6 is 11.6 Å². The number of piperidine rings is 1. The number of anilines is 1. The summed E-state index contributed by atoms with van der Waals surface area (Å²) in [6.07, 6.45) is 2.34. The van der Waals surface area contributed by atoms with E-state index in [1.165, 1.54) is 6.42 Å². The predicted octanol–water partition coefficient (Wildman–Crippen LogP) is 3.46. The summed E-state index contributed by atoms with van der Waals surface area (Å²) in [7, 11) is 0. The Balaban J connectivity index is 2.11. The summed E-state index contributed by atoms with van der Waals surface area (Å²) in [5, 5.41) is 9.83. The lowest BCUT2D eigenvalue weighted by Gasteiger charge is -2.34. The van der Waals surface area contributed by atoms with Crippen molar-refractivity contribution in [3.05, 3.63) is 28.8 Å². The Bertz CT molecular complexity index is 470. The maximum Gasteiger partial charge on any atom is 0.101 e. The zero-order chi connectivity index (χ0) is 13.7. The van der Waals surface area contributed by atoms with Gasteiger partial charge in [-0.3, -0.25) is 0 Å². The van der Waals surface area contributed by atoms with Gasteiger partial charge < -0.3 is 9.64 Å². The molecule has 2 rings (SSSR count). The van der Waals surface area contributed by atoms with Crippen molar-refractivity contribution < 1.29 is 4.74 Å². The minimum Gasteiger partial charge on any atom is -0.381 e. The molecule has 1 aliphatic rings. The Morgan fingerprint density at radius 3 is 3.11 bits per heavy atom. The number of nitrogens with zero attached hydrogens (tertiary/aromatic N) is 2. The van der Waals surface area contributed by atoms with Crippen molar-refractivity contribution in [2.45, 2.75) is 19.8 Å². The maximum absolute atomic E-state index is 9.22. The fourth-order valence-electron chi connectivity index (χ4n) is 2.58. The van der Waals surface area contributed by atoms with Gasteiger partial charge in [-0.25, -0.2) is 0 Å². The lowest BCUT2D eigenvalue weighted by atomic mass is 9.97. The van der Waals surface area contributed by atoms with E-state index in [0.29, 0.717) is 16.5 Å². The Labute approximate surface area is 119 Å². The summed E-state index contributed by atoms with van der Waals surface area (Å²) in [6, 6.07) is 7.77. The van der Waals surface area contributed by atoms with E-state index in [-0.39, 0.29) is 0 Å². The average Bonchev–Trinajstić information content (AvgIpc) is 2.45. The van der Waals surface area contributed by atoms with Gasteiger partial charge in [-0.1, -0.05) is 11.6 Å². The Hall–Kier alpha value is -1.24. The summed E-state index contributed by atoms with van der Waals surface area (Å²) in [5.74, 6) is 0.552. The van der Waals surface area contributed by atoms with Gasteiger partial charge in [-0.05, 0) is 43.9 Å². The molecule has 0 spiro atoms. The molecule has 3 nitrogen and oxygen atoms in total. The third-order valence-electron chi connectivity index (χ3n) is 3.50. The molecule has 1 fully saturated rings. The topological polar surface area (TPSA) is 36.3 Å². The van der Waals surface area contributed by atoms with Crippen LogP contribution in [0.15, 0.2) is 18.2 Å². The van der Waals surface area contributed by atoms with Crippen molar-refractivity contribution in [1.29, 1.82) is 5.26 Å². The molecule has 1 saturated heterocycles. The largest absolute Gasteiger partial charge is 0.381 e. The molecule has 1 atom stereocenters. The second-order valence-electron chi connectivity index (χ2n) is 4.89. The average molecular weight is 279 g/mol. The van der Waals surface area contributed by atoms with Gasteiger partial charge in [0.05, 0.1) is 17.9 Å². The third kappa shape index (κ3) is 3.62. The summed E-state index contributed by atoms with van der Waals surface area (Å²) >= 11 is 5.94. The van der Waals surface area contributed by atoms with Crippen molar-refractivity contribution in [3.63, 3.8) is 0 Å². The van der Waals surface area contributed by atoms with E-state index in [0.717, 1.165) is 38.4 Å². The SMILES string of the molecule is CCOCC1CCCN(c2ccc(Cl)cc2C#N)C1. The Morgan fingerprint density at radius 2 is 2.37 bits per heavy atom. The van der Waals surface area contributed by atoms with Crippen LogP contribution < -0.4 is 4.90 Å². The van der Waals surface area contributed by atoms with Gasteiger partial charge in [0.25, 0.3) is 0 Å². The van der Waals surface area contributed by atoms with Gasteiger partial charge in [-0.15, -0.1) is 0 Å². The van der Waals surface area contributed by atoms with E-state index < -0.39 is 0 Å². The van der Waals surface area contributed by atoms with Crippen LogP contribution in [0.4, 0.5) is 5.69 Å². The molecule has 0 N–H and O–H groups in total. The lowest BCUT2D eigenvalue weighted by molar-refractivity contribution is 0.104. The number of benzene rings is 1. The molecule has 0 radical (unpaired) electrons. The minimum absolute atomic E-state index is 0.552. The van der Waals surface area contributed by atoms with Crippen LogP contribution in [0.2, 0.25) is 5.02 Å². The molecule has 0 aromatic heterocycles. The molecule has 1 heterocycles. The van der Waals surface area contributed by atoms with E-state index in [2.05, 4.69) is 11.0 Å².